The number of nitrogens with one attached hydrogen (secondary N) is 1. The number of carbonyl (C=O) groups excluding carboxylic acids is 1. The highest BCUT2D eigenvalue weighted by atomic mass is 35.5. The van der Waals surface area contributed by atoms with E-state index in [9.17, 15) is 4.79 Å². The van der Waals surface area contributed by atoms with Gasteiger partial charge in [0.25, 0.3) is 0 Å². The fourth-order valence-corrected chi connectivity index (χ4v) is 2.20. The Morgan fingerprint density at radius 1 is 1.32 bits per heavy atom. The highest BCUT2D eigenvalue weighted by Gasteiger charge is 2.20. The van der Waals surface area contributed by atoms with Crippen LogP contribution in [0.4, 0.5) is 4.79 Å². The molecule has 6 heteroatoms. The molecule has 0 fully saturated rings. The summed E-state index contributed by atoms with van der Waals surface area (Å²) in [6, 6.07) is 5.37. The zero-order chi connectivity index (χ0) is 16.8. The third-order valence-electron chi connectivity index (χ3n) is 2.92. The molecule has 0 aromatic heterocycles. The topological polar surface area (TPSA) is 41.6 Å². The fraction of sp³-hybridized carbons (Fsp3) is 0.562. The van der Waals surface area contributed by atoms with Gasteiger partial charge in [0, 0.05) is 36.2 Å². The molecular formula is C16H24Cl2N2O2. The van der Waals surface area contributed by atoms with Crippen molar-refractivity contribution in [3.05, 3.63) is 33.8 Å². The molecule has 1 aromatic rings. The van der Waals surface area contributed by atoms with E-state index < -0.39 is 5.60 Å². The quantitative estimate of drug-likeness (QED) is 0.779. The van der Waals surface area contributed by atoms with Gasteiger partial charge in [-0.1, -0.05) is 23.2 Å². The third kappa shape index (κ3) is 6.86. The van der Waals surface area contributed by atoms with Gasteiger partial charge in [0.05, 0.1) is 0 Å². The van der Waals surface area contributed by atoms with Crippen molar-refractivity contribution in [2.24, 2.45) is 0 Å². The molecule has 1 aromatic carbocycles. The second-order valence-corrected chi connectivity index (χ2v) is 6.82. The van der Waals surface area contributed by atoms with Crippen molar-refractivity contribution in [1.29, 1.82) is 0 Å². The number of hydrogen-bond donors (Lipinski definition) is 1. The molecule has 0 saturated carbocycles. The lowest BCUT2D eigenvalue weighted by Crippen LogP contribution is -2.40. The van der Waals surface area contributed by atoms with Gasteiger partial charge < -0.3 is 15.0 Å². The van der Waals surface area contributed by atoms with Crippen LogP contribution < -0.4 is 5.32 Å². The molecular weight excluding hydrogens is 323 g/mol. The normalized spacial score (nSPS) is 11.4. The number of ether oxygens (including phenoxy) is 1. The summed E-state index contributed by atoms with van der Waals surface area (Å²) in [5, 5.41) is 4.59. The average Bonchev–Trinajstić information content (AvgIpc) is 2.40. The van der Waals surface area contributed by atoms with Crippen LogP contribution >= 0.6 is 23.2 Å². The highest BCUT2D eigenvalue weighted by Crippen LogP contribution is 2.20. The molecule has 0 atom stereocenters. The standard InChI is InChI=1S/C16H24Cl2N2O2/c1-5-20(15(21)22-16(2,3)4)9-8-19-11-12-10-13(17)6-7-14(12)18/h6-7,10,19H,5,8-9,11H2,1-4H3. The van der Waals surface area contributed by atoms with Gasteiger partial charge >= 0.3 is 6.09 Å². The summed E-state index contributed by atoms with van der Waals surface area (Å²) in [6.07, 6.45) is -0.294. The number of hydrogen-bond acceptors (Lipinski definition) is 3. The van der Waals surface area contributed by atoms with Crippen LogP contribution in [-0.2, 0) is 11.3 Å². The molecule has 0 spiro atoms. The number of halogens is 2. The largest absolute Gasteiger partial charge is 0.444 e. The Hall–Kier alpha value is -0.970. The summed E-state index contributed by atoms with van der Waals surface area (Å²) in [5.74, 6) is 0. The summed E-state index contributed by atoms with van der Waals surface area (Å²) in [6.45, 7) is 9.94. The van der Waals surface area contributed by atoms with E-state index in [1.54, 1.807) is 17.0 Å². The average molecular weight is 347 g/mol. The molecule has 124 valence electrons. The number of amides is 1. The number of likely N-dealkylation sites (N-methyl/N-ethyl adjacent to an activating group) is 1. The molecule has 22 heavy (non-hydrogen) atoms. The van der Waals surface area contributed by atoms with Crippen molar-refractivity contribution in [2.45, 2.75) is 39.8 Å². The number of benzene rings is 1. The van der Waals surface area contributed by atoms with E-state index in [0.29, 0.717) is 36.2 Å². The number of nitrogens with zero attached hydrogens (tertiary/aromatic N) is 1. The molecule has 0 saturated heterocycles. The predicted octanol–water partition coefficient (Wildman–Crippen LogP) is 4.34. The minimum Gasteiger partial charge on any atom is -0.444 e. The van der Waals surface area contributed by atoms with Gasteiger partial charge in [0.15, 0.2) is 0 Å². The Balaban J connectivity index is 2.41. The minimum absolute atomic E-state index is 0.294. The molecule has 0 aliphatic rings. The molecule has 0 radical (unpaired) electrons. The first-order valence-electron chi connectivity index (χ1n) is 7.35. The first kappa shape index (κ1) is 19.1. The first-order valence-corrected chi connectivity index (χ1v) is 8.11. The van der Waals surface area contributed by atoms with Gasteiger partial charge in [-0.25, -0.2) is 4.79 Å². The lowest BCUT2D eigenvalue weighted by molar-refractivity contribution is 0.0262. The summed E-state index contributed by atoms with van der Waals surface area (Å²) in [7, 11) is 0. The maximum absolute atomic E-state index is 12.0. The van der Waals surface area contributed by atoms with Crippen molar-refractivity contribution in [1.82, 2.24) is 10.2 Å². The summed E-state index contributed by atoms with van der Waals surface area (Å²) in [4.78, 5) is 13.7. The molecule has 1 amide bonds. The molecule has 1 N–H and O–H groups in total. The van der Waals surface area contributed by atoms with E-state index in [0.717, 1.165) is 5.56 Å². The Labute approximate surface area is 142 Å². The molecule has 0 bridgehead atoms. The number of rotatable bonds is 6. The van der Waals surface area contributed by atoms with E-state index in [1.807, 2.05) is 33.8 Å². The summed E-state index contributed by atoms with van der Waals surface area (Å²) < 4.78 is 5.36. The number of carbonyl (C=O) groups is 1. The van der Waals surface area contributed by atoms with E-state index >= 15 is 0 Å². The molecule has 1 rings (SSSR count). The first-order chi connectivity index (χ1) is 10.2. The Kier molecular flexibility index (Phi) is 7.46. The summed E-state index contributed by atoms with van der Waals surface area (Å²) >= 11 is 12.1. The van der Waals surface area contributed by atoms with Crippen molar-refractivity contribution in [3.8, 4) is 0 Å². The van der Waals surface area contributed by atoms with Crippen molar-refractivity contribution >= 4 is 29.3 Å². The van der Waals surface area contributed by atoms with Crippen LogP contribution in [0.3, 0.4) is 0 Å². The van der Waals surface area contributed by atoms with Crippen molar-refractivity contribution in [2.75, 3.05) is 19.6 Å². The molecule has 0 unspecified atom stereocenters. The van der Waals surface area contributed by atoms with Crippen LogP contribution in [0.2, 0.25) is 10.0 Å². The molecule has 0 heterocycles. The zero-order valence-electron chi connectivity index (χ0n) is 13.6. The molecule has 0 aliphatic carbocycles. The van der Waals surface area contributed by atoms with Crippen molar-refractivity contribution < 1.29 is 9.53 Å². The third-order valence-corrected chi connectivity index (χ3v) is 3.52. The minimum atomic E-state index is -0.480. The SMILES string of the molecule is CCN(CCNCc1cc(Cl)ccc1Cl)C(=O)OC(C)(C)C. The maximum Gasteiger partial charge on any atom is 0.410 e. The van der Waals surface area contributed by atoms with Gasteiger partial charge in [-0.15, -0.1) is 0 Å². The van der Waals surface area contributed by atoms with Crippen LogP contribution in [0, 0.1) is 0 Å². The van der Waals surface area contributed by atoms with E-state index in [-0.39, 0.29) is 6.09 Å². The molecule has 0 aliphatic heterocycles. The van der Waals surface area contributed by atoms with Gasteiger partial charge in [0.1, 0.15) is 5.60 Å². The van der Waals surface area contributed by atoms with E-state index in [1.165, 1.54) is 0 Å². The van der Waals surface area contributed by atoms with Crippen LogP contribution in [0.1, 0.15) is 33.3 Å². The van der Waals surface area contributed by atoms with Crippen LogP contribution in [0.25, 0.3) is 0 Å². The predicted molar refractivity (Wildman–Crippen MR) is 91.6 cm³/mol. The smallest absolute Gasteiger partial charge is 0.410 e. The second kappa shape index (κ2) is 8.61. The molecule has 4 nitrogen and oxygen atoms in total. The maximum atomic E-state index is 12.0. The monoisotopic (exact) mass is 346 g/mol. The van der Waals surface area contributed by atoms with Crippen molar-refractivity contribution in [3.63, 3.8) is 0 Å². The summed E-state index contributed by atoms with van der Waals surface area (Å²) in [5.41, 5.74) is 0.459. The lowest BCUT2D eigenvalue weighted by Gasteiger charge is -2.26. The lowest BCUT2D eigenvalue weighted by atomic mass is 10.2. The van der Waals surface area contributed by atoms with Crippen LogP contribution in [0.15, 0.2) is 18.2 Å². The Morgan fingerprint density at radius 2 is 2.00 bits per heavy atom. The Morgan fingerprint density at radius 3 is 2.59 bits per heavy atom. The highest BCUT2D eigenvalue weighted by molar-refractivity contribution is 6.33. The van der Waals surface area contributed by atoms with Crippen LogP contribution in [-0.4, -0.2) is 36.2 Å². The Bertz CT molecular complexity index is 501. The van der Waals surface area contributed by atoms with Gasteiger partial charge in [0.2, 0.25) is 0 Å². The van der Waals surface area contributed by atoms with E-state index in [2.05, 4.69) is 5.32 Å². The van der Waals surface area contributed by atoms with Gasteiger partial charge in [-0.05, 0) is 51.5 Å². The zero-order valence-corrected chi connectivity index (χ0v) is 15.1. The second-order valence-electron chi connectivity index (χ2n) is 5.97. The van der Waals surface area contributed by atoms with Gasteiger partial charge in [-0.3, -0.25) is 0 Å². The van der Waals surface area contributed by atoms with E-state index in [4.69, 9.17) is 27.9 Å². The van der Waals surface area contributed by atoms with Gasteiger partial charge in [-0.2, -0.15) is 0 Å². The van der Waals surface area contributed by atoms with Crippen LogP contribution in [0.5, 0.6) is 0 Å². The fourth-order valence-electron chi connectivity index (χ4n) is 1.82.